The molecule has 106 valence electrons. The van der Waals surface area contributed by atoms with E-state index in [4.69, 9.17) is 9.52 Å². The summed E-state index contributed by atoms with van der Waals surface area (Å²) in [7, 11) is 0. The number of benzene rings is 1. The van der Waals surface area contributed by atoms with Crippen molar-refractivity contribution in [2.75, 3.05) is 5.32 Å². The normalized spacial score (nSPS) is 11.3. The minimum Gasteiger partial charge on any atom is -0.478 e. The molecule has 0 fully saturated rings. The number of hydrogen-bond donors (Lipinski definition) is 2. The highest BCUT2D eigenvalue weighted by Gasteiger charge is 2.33. The number of rotatable bonds is 4. The minimum absolute atomic E-state index is 0.0413. The van der Waals surface area contributed by atoms with E-state index in [1.54, 1.807) is 0 Å². The average molecular weight is 285 g/mol. The maximum Gasteiger partial charge on any atom is 0.418 e. The third-order valence-electron chi connectivity index (χ3n) is 2.59. The van der Waals surface area contributed by atoms with Gasteiger partial charge in [0.15, 0.2) is 0 Å². The second kappa shape index (κ2) is 5.28. The number of nitrogens with one attached hydrogen (secondary N) is 1. The van der Waals surface area contributed by atoms with Crippen molar-refractivity contribution < 1.29 is 27.5 Å². The zero-order valence-corrected chi connectivity index (χ0v) is 10.1. The molecule has 1 aromatic carbocycles. The fourth-order valence-electron chi connectivity index (χ4n) is 1.65. The molecular formula is C13H10F3NO3. The Hall–Kier alpha value is -2.44. The van der Waals surface area contributed by atoms with Gasteiger partial charge in [0, 0.05) is 5.69 Å². The maximum atomic E-state index is 12.7. The van der Waals surface area contributed by atoms with Gasteiger partial charge in [0.2, 0.25) is 0 Å². The predicted octanol–water partition coefficient (Wildman–Crippen LogP) is 3.61. The van der Waals surface area contributed by atoms with Crippen molar-refractivity contribution in [2.24, 2.45) is 0 Å². The molecular weight excluding hydrogens is 275 g/mol. The molecule has 2 aromatic rings. The number of furan rings is 1. The molecule has 7 heteroatoms. The van der Waals surface area contributed by atoms with Crippen molar-refractivity contribution in [3.63, 3.8) is 0 Å². The Kier molecular flexibility index (Phi) is 3.69. The lowest BCUT2D eigenvalue weighted by atomic mass is 10.1. The first kappa shape index (κ1) is 14.0. The van der Waals surface area contributed by atoms with Crippen LogP contribution in [0.1, 0.15) is 21.7 Å². The number of anilines is 1. The lowest BCUT2D eigenvalue weighted by Gasteiger charge is -2.13. The van der Waals surface area contributed by atoms with E-state index in [1.165, 1.54) is 24.3 Å². The summed E-state index contributed by atoms with van der Waals surface area (Å²) < 4.78 is 43.2. The minimum atomic E-state index is -4.46. The molecule has 0 saturated heterocycles. The summed E-state index contributed by atoms with van der Waals surface area (Å²) in [5.41, 5.74) is -0.927. The largest absolute Gasteiger partial charge is 0.478 e. The van der Waals surface area contributed by atoms with Gasteiger partial charge in [-0.1, -0.05) is 12.1 Å². The van der Waals surface area contributed by atoms with Crippen LogP contribution in [0.3, 0.4) is 0 Å². The van der Waals surface area contributed by atoms with E-state index in [-0.39, 0.29) is 23.6 Å². The highest BCUT2D eigenvalue weighted by atomic mass is 19.4. The van der Waals surface area contributed by atoms with Crippen molar-refractivity contribution in [2.45, 2.75) is 12.7 Å². The predicted molar refractivity (Wildman–Crippen MR) is 64.4 cm³/mol. The Labute approximate surface area is 111 Å². The summed E-state index contributed by atoms with van der Waals surface area (Å²) in [6, 6.07) is 6.29. The number of carbonyl (C=O) groups is 1. The van der Waals surface area contributed by atoms with E-state index in [1.807, 2.05) is 0 Å². The van der Waals surface area contributed by atoms with Gasteiger partial charge in [0.25, 0.3) is 0 Å². The van der Waals surface area contributed by atoms with Crippen LogP contribution < -0.4 is 5.32 Å². The Morgan fingerprint density at radius 2 is 2.00 bits per heavy atom. The summed E-state index contributed by atoms with van der Waals surface area (Å²) in [4.78, 5) is 10.6. The highest BCUT2D eigenvalue weighted by Crippen LogP contribution is 2.34. The van der Waals surface area contributed by atoms with E-state index >= 15 is 0 Å². The topological polar surface area (TPSA) is 62.5 Å². The van der Waals surface area contributed by atoms with Crippen LogP contribution in [-0.4, -0.2) is 11.1 Å². The summed E-state index contributed by atoms with van der Waals surface area (Å²) in [6.45, 7) is -0.0413. The van der Waals surface area contributed by atoms with Gasteiger partial charge in [-0.2, -0.15) is 13.2 Å². The monoisotopic (exact) mass is 285 g/mol. The number of carboxylic acids is 1. The first-order valence-corrected chi connectivity index (χ1v) is 5.58. The van der Waals surface area contributed by atoms with Crippen molar-refractivity contribution in [3.8, 4) is 0 Å². The van der Waals surface area contributed by atoms with Crippen LogP contribution in [-0.2, 0) is 12.7 Å². The number of alkyl halides is 3. The van der Waals surface area contributed by atoms with Crippen LogP contribution in [0.4, 0.5) is 18.9 Å². The van der Waals surface area contributed by atoms with Crippen molar-refractivity contribution >= 4 is 11.7 Å². The number of para-hydroxylation sites is 1. The van der Waals surface area contributed by atoms with Gasteiger partial charge < -0.3 is 14.8 Å². The first-order chi connectivity index (χ1) is 9.38. The van der Waals surface area contributed by atoms with Crippen molar-refractivity contribution in [3.05, 3.63) is 53.5 Å². The standard InChI is InChI=1S/C13H10F3NO3/c14-13(15,16)10-3-1-2-4-11(10)17-6-9-5-8(7-20-9)12(18)19/h1-5,7,17H,6H2,(H,18,19). The van der Waals surface area contributed by atoms with E-state index in [0.29, 0.717) is 0 Å². The Morgan fingerprint density at radius 1 is 1.30 bits per heavy atom. The molecule has 0 aliphatic carbocycles. The quantitative estimate of drug-likeness (QED) is 0.900. The van der Waals surface area contributed by atoms with Crippen LogP contribution in [0.2, 0.25) is 0 Å². The van der Waals surface area contributed by atoms with E-state index in [9.17, 15) is 18.0 Å². The van der Waals surface area contributed by atoms with Crippen LogP contribution in [0, 0.1) is 0 Å². The maximum absolute atomic E-state index is 12.7. The molecule has 0 radical (unpaired) electrons. The molecule has 0 saturated carbocycles. The van der Waals surface area contributed by atoms with Crippen LogP contribution in [0.15, 0.2) is 41.0 Å². The van der Waals surface area contributed by atoms with Gasteiger partial charge in [-0.15, -0.1) is 0 Å². The van der Waals surface area contributed by atoms with Gasteiger partial charge in [-0.05, 0) is 18.2 Å². The molecule has 0 spiro atoms. The smallest absolute Gasteiger partial charge is 0.418 e. The van der Waals surface area contributed by atoms with Gasteiger partial charge in [-0.25, -0.2) is 4.79 Å². The summed E-state index contributed by atoms with van der Waals surface area (Å²) in [5, 5.41) is 11.3. The third kappa shape index (κ3) is 3.11. The van der Waals surface area contributed by atoms with Crippen LogP contribution in [0.5, 0.6) is 0 Å². The molecule has 1 aromatic heterocycles. The Bertz CT molecular complexity index is 619. The van der Waals surface area contributed by atoms with Crippen LogP contribution in [0.25, 0.3) is 0 Å². The first-order valence-electron chi connectivity index (χ1n) is 5.58. The van der Waals surface area contributed by atoms with E-state index in [2.05, 4.69) is 5.32 Å². The number of halogens is 3. The second-order valence-corrected chi connectivity index (χ2v) is 4.00. The van der Waals surface area contributed by atoms with Gasteiger partial charge in [0.05, 0.1) is 17.7 Å². The molecule has 4 nitrogen and oxygen atoms in total. The van der Waals surface area contributed by atoms with Gasteiger partial charge in [-0.3, -0.25) is 0 Å². The van der Waals surface area contributed by atoms with E-state index in [0.717, 1.165) is 12.3 Å². The zero-order chi connectivity index (χ0) is 14.8. The molecule has 1 heterocycles. The summed E-state index contributed by atoms with van der Waals surface area (Å²) in [5.74, 6) is -0.921. The Morgan fingerprint density at radius 3 is 2.60 bits per heavy atom. The lowest BCUT2D eigenvalue weighted by molar-refractivity contribution is -0.137. The van der Waals surface area contributed by atoms with E-state index < -0.39 is 17.7 Å². The zero-order valence-electron chi connectivity index (χ0n) is 10.1. The fourth-order valence-corrected chi connectivity index (χ4v) is 1.65. The molecule has 0 amide bonds. The van der Waals surface area contributed by atoms with Crippen molar-refractivity contribution in [1.29, 1.82) is 0 Å². The molecule has 0 aliphatic heterocycles. The average Bonchev–Trinajstić information content (AvgIpc) is 2.84. The summed E-state index contributed by atoms with van der Waals surface area (Å²) in [6.07, 6.45) is -3.42. The molecule has 2 rings (SSSR count). The van der Waals surface area contributed by atoms with Crippen molar-refractivity contribution in [1.82, 2.24) is 0 Å². The number of aromatic carboxylic acids is 1. The van der Waals surface area contributed by atoms with Crippen LogP contribution >= 0.6 is 0 Å². The molecule has 2 N–H and O–H groups in total. The molecule has 0 atom stereocenters. The lowest BCUT2D eigenvalue weighted by Crippen LogP contribution is -2.10. The third-order valence-corrected chi connectivity index (χ3v) is 2.59. The Balaban J connectivity index is 2.13. The fraction of sp³-hybridized carbons (Fsp3) is 0.154. The second-order valence-electron chi connectivity index (χ2n) is 4.00. The number of hydrogen-bond acceptors (Lipinski definition) is 3. The van der Waals surface area contributed by atoms with Gasteiger partial charge in [0.1, 0.15) is 12.0 Å². The number of carboxylic acid groups (broad SMARTS) is 1. The molecule has 20 heavy (non-hydrogen) atoms. The molecule has 0 aliphatic rings. The molecule has 0 bridgehead atoms. The SMILES string of the molecule is O=C(O)c1coc(CNc2ccccc2C(F)(F)F)c1. The molecule has 0 unspecified atom stereocenters. The van der Waals surface area contributed by atoms with Gasteiger partial charge >= 0.3 is 12.1 Å². The summed E-state index contributed by atoms with van der Waals surface area (Å²) >= 11 is 0. The highest BCUT2D eigenvalue weighted by molar-refractivity contribution is 5.87.